The van der Waals surface area contributed by atoms with Gasteiger partial charge in [-0.1, -0.05) is 33.6 Å². The molecule has 1 aliphatic heterocycles. The molecule has 4 heteroatoms. The Morgan fingerprint density at radius 2 is 1.95 bits per heavy atom. The van der Waals surface area contributed by atoms with Gasteiger partial charge >= 0.3 is 0 Å². The van der Waals surface area contributed by atoms with E-state index in [0.29, 0.717) is 19.4 Å². The van der Waals surface area contributed by atoms with E-state index in [1.54, 1.807) is 0 Å². The number of ether oxygens (including phenoxy) is 1. The van der Waals surface area contributed by atoms with Crippen molar-refractivity contribution in [3.8, 4) is 6.07 Å². The maximum atomic E-state index is 12.9. The number of piperidine rings is 1. The van der Waals surface area contributed by atoms with Gasteiger partial charge < -0.3 is 9.64 Å². The van der Waals surface area contributed by atoms with Crippen LogP contribution < -0.4 is 0 Å². The van der Waals surface area contributed by atoms with Gasteiger partial charge in [0.1, 0.15) is 5.41 Å². The van der Waals surface area contributed by atoms with E-state index in [-0.39, 0.29) is 12.0 Å². The molecule has 1 amide bonds. The summed E-state index contributed by atoms with van der Waals surface area (Å²) in [6.45, 7) is 8.34. The molecule has 1 unspecified atom stereocenters. The van der Waals surface area contributed by atoms with Crippen molar-refractivity contribution in [3.63, 3.8) is 0 Å². The van der Waals surface area contributed by atoms with Crippen LogP contribution in [0.5, 0.6) is 0 Å². The summed E-state index contributed by atoms with van der Waals surface area (Å²) in [7, 11) is 0. The van der Waals surface area contributed by atoms with Crippen molar-refractivity contribution in [3.05, 3.63) is 0 Å². The molecular formula is C17H30N2O2. The van der Waals surface area contributed by atoms with Crippen molar-refractivity contribution >= 4 is 5.91 Å². The first-order valence-electron chi connectivity index (χ1n) is 8.45. The fourth-order valence-electron chi connectivity index (χ4n) is 3.20. The van der Waals surface area contributed by atoms with Crippen LogP contribution >= 0.6 is 0 Å². The number of rotatable bonds is 8. The highest BCUT2D eigenvalue weighted by molar-refractivity contribution is 5.85. The van der Waals surface area contributed by atoms with Crippen LogP contribution in [0.25, 0.3) is 0 Å². The van der Waals surface area contributed by atoms with Gasteiger partial charge in [-0.25, -0.2) is 0 Å². The highest BCUT2D eigenvalue weighted by atomic mass is 16.5. The second kappa shape index (κ2) is 9.04. The van der Waals surface area contributed by atoms with Gasteiger partial charge in [-0.2, -0.15) is 5.26 Å². The van der Waals surface area contributed by atoms with E-state index in [4.69, 9.17) is 4.74 Å². The molecule has 4 nitrogen and oxygen atoms in total. The van der Waals surface area contributed by atoms with Crippen LogP contribution in [-0.2, 0) is 9.53 Å². The number of hydrogen-bond donors (Lipinski definition) is 0. The van der Waals surface area contributed by atoms with Gasteiger partial charge in [0.25, 0.3) is 0 Å². The van der Waals surface area contributed by atoms with Crippen LogP contribution in [-0.4, -0.2) is 36.6 Å². The fourth-order valence-corrected chi connectivity index (χ4v) is 3.20. The predicted octanol–water partition coefficient (Wildman–Crippen LogP) is 3.51. The second-order valence-corrected chi connectivity index (χ2v) is 6.08. The van der Waals surface area contributed by atoms with E-state index in [0.717, 1.165) is 45.3 Å². The van der Waals surface area contributed by atoms with E-state index in [2.05, 4.69) is 13.0 Å². The quantitative estimate of drug-likeness (QED) is 0.688. The standard InChI is InChI=1S/C17H30N2O2/c1-4-9-17(14-18,10-5-2)16(20)19-11-7-8-15(13-19)21-12-6-3/h15H,4-13H2,1-3H3. The van der Waals surface area contributed by atoms with E-state index < -0.39 is 5.41 Å². The third-order valence-corrected chi connectivity index (χ3v) is 4.20. The number of nitrogens with zero attached hydrogens (tertiary/aromatic N) is 2. The molecule has 1 aliphatic rings. The Hall–Kier alpha value is -1.08. The number of hydrogen-bond acceptors (Lipinski definition) is 3. The molecule has 0 radical (unpaired) electrons. The summed E-state index contributed by atoms with van der Waals surface area (Å²) < 4.78 is 5.80. The summed E-state index contributed by atoms with van der Waals surface area (Å²) in [5, 5.41) is 9.62. The Balaban J connectivity index is 2.76. The highest BCUT2D eigenvalue weighted by Gasteiger charge is 2.41. The molecule has 0 bridgehead atoms. The molecule has 0 aromatic carbocycles. The first-order valence-corrected chi connectivity index (χ1v) is 8.45. The maximum absolute atomic E-state index is 12.9. The average Bonchev–Trinajstić information content (AvgIpc) is 2.52. The monoisotopic (exact) mass is 294 g/mol. The van der Waals surface area contributed by atoms with Crippen LogP contribution in [0.4, 0.5) is 0 Å². The Kier molecular flexibility index (Phi) is 7.74. The second-order valence-electron chi connectivity index (χ2n) is 6.08. The zero-order chi connectivity index (χ0) is 15.7. The van der Waals surface area contributed by atoms with Crippen molar-refractivity contribution in [1.29, 1.82) is 5.26 Å². The molecule has 21 heavy (non-hydrogen) atoms. The van der Waals surface area contributed by atoms with E-state index in [1.165, 1.54) is 0 Å². The largest absolute Gasteiger partial charge is 0.376 e. The van der Waals surface area contributed by atoms with Gasteiger partial charge in [0.05, 0.1) is 12.2 Å². The summed E-state index contributed by atoms with van der Waals surface area (Å²) in [5.41, 5.74) is -0.823. The highest BCUT2D eigenvalue weighted by Crippen LogP contribution is 2.32. The minimum atomic E-state index is -0.823. The minimum absolute atomic E-state index is 0.0264. The molecule has 120 valence electrons. The lowest BCUT2D eigenvalue weighted by atomic mass is 9.79. The number of nitriles is 1. The topological polar surface area (TPSA) is 53.3 Å². The molecule has 0 saturated carbocycles. The number of amides is 1. The number of likely N-dealkylation sites (tertiary alicyclic amines) is 1. The molecule has 1 saturated heterocycles. The lowest BCUT2D eigenvalue weighted by Crippen LogP contribution is -2.49. The molecule has 1 heterocycles. The summed E-state index contributed by atoms with van der Waals surface area (Å²) in [5.74, 6) is 0.0264. The van der Waals surface area contributed by atoms with Gasteiger partial charge in [-0.3, -0.25) is 4.79 Å². The Labute approximate surface area is 129 Å². The molecule has 0 aliphatic carbocycles. The Bertz CT molecular complexity index is 356. The summed E-state index contributed by atoms with van der Waals surface area (Å²) in [4.78, 5) is 14.8. The van der Waals surface area contributed by atoms with Crippen LogP contribution in [0.2, 0.25) is 0 Å². The van der Waals surface area contributed by atoms with Gasteiger partial charge in [-0.15, -0.1) is 0 Å². The normalized spacial score (nSPS) is 19.3. The van der Waals surface area contributed by atoms with Crippen LogP contribution in [0.1, 0.15) is 65.7 Å². The fraction of sp³-hybridized carbons (Fsp3) is 0.882. The van der Waals surface area contributed by atoms with Crippen LogP contribution in [0.3, 0.4) is 0 Å². The molecule has 1 atom stereocenters. The third-order valence-electron chi connectivity index (χ3n) is 4.20. The maximum Gasteiger partial charge on any atom is 0.243 e. The first-order chi connectivity index (χ1) is 10.1. The zero-order valence-corrected chi connectivity index (χ0v) is 13.9. The minimum Gasteiger partial charge on any atom is -0.376 e. The van der Waals surface area contributed by atoms with Gasteiger partial charge in [0.2, 0.25) is 5.91 Å². The molecular weight excluding hydrogens is 264 g/mol. The third kappa shape index (κ3) is 4.71. The van der Waals surface area contributed by atoms with Crippen molar-refractivity contribution in [2.24, 2.45) is 5.41 Å². The van der Waals surface area contributed by atoms with E-state index in [1.807, 2.05) is 18.7 Å². The van der Waals surface area contributed by atoms with Gasteiger partial charge in [0.15, 0.2) is 0 Å². The average molecular weight is 294 g/mol. The molecule has 1 rings (SSSR count). The molecule has 0 spiro atoms. The predicted molar refractivity (Wildman–Crippen MR) is 83.7 cm³/mol. The SMILES string of the molecule is CCCOC1CCCN(C(=O)C(C#N)(CCC)CCC)C1. The zero-order valence-electron chi connectivity index (χ0n) is 13.9. The van der Waals surface area contributed by atoms with Crippen molar-refractivity contribution < 1.29 is 9.53 Å². The summed E-state index contributed by atoms with van der Waals surface area (Å²) >= 11 is 0. The molecule has 0 aromatic rings. The molecule has 1 fully saturated rings. The van der Waals surface area contributed by atoms with Crippen molar-refractivity contribution in [2.45, 2.75) is 71.8 Å². The van der Waals surface area contributed by atoms with Crippen LogP contribution in [0.15, 0.2) is 0 Å². The van der Waals surface area contributed by atoms with Gasteiger partial charge in [0, 0.05) is 19.7 Å². The smallest absolute Gasteiger partial charge is 0.243 e. The summed E-state index contributed by atoms with van der Waals surface area (Å²) in [6, 6.07) is 2.34. The van der Waals surface area contributed by atoms with Crippen molar-refractivity contribution in [2.75, 3.05) is 19.7 Å². The lowest BCUT2D eigenvalue weighted by molar-refractivity contribution is -0.144. The van der Waals surface area contributed by atoms with E-state index >= 15 is 0 Å². The first kappa shape index (κ1) is 18.0. The molecule has 0 N–H and O–H groups in total. The van der Waals surface area contributed by atoms with Gasteiger partial charge in [-0.05, 0) is 32.1 Å². The number of carbonyl (C=O) groups excluding carboxylic acids is 1. The number of carbonyl (C=O) groups is 1. The molecule has 0 aromatic heterocycles. The van der Waals surface area contributed by atoms with Crippen molar-refractivity contribution in [1.82, 2.24) is 4.90 Å². The Morgan fingerprint density at radius 3 is 2.48 bits per heavy atom. The summed E-state index contributed by atoms with van der Waals surface area (Å²) in [6.07, 6.45) is 6.18. The Morgan fingerprint density at radius 1 is 1.29 bits per heavy atom. The van der Waals surface area contributed by atoms with Crippen LogP contribution in [0, 0.1) is 16.7 Å². The lowest BCUT2D eigenvalue weighted by Gasteiger charge is -2.37. The van der Waals surface area contributed by atoms with E-state index in [9.17, 15) is 10.1 Å².